The highest BCUT2D eigenvalue weighted by atomic mass is 79.9. The number of benzene rings is 2. The molecule has 2 rings (SSSR count). The molecule has 5 heteroatoms. The summed E-state index contributed by atoms with van der Waals surface area (Å²) in [5.41, 5.74) is 1.33. The maximum atomic E-state index is 13.0. The van der Waals surface area contributed by atoms with Gasteiger partial charge in [-0.15, -0.1) is 0 Å². The Labute approximate surface area is 118 Å². The smallest absolute Gasteiger partial charge is 0.337 e. The van der Waals surface area contributed by atoms with Crippen molar-refractivity contribution in [2.75, 3.05) is 5.32 Å². The molecule has 0 amide bonds. The van der Waals surface area contributed by atoms with E-state index in [-0.39, 0.29) is 5.56 Å². The van der Waals surface area contributed by atoms with Crippen molar-refractivity contribution >= 4 is 27.6 Å². The first-order chi connectivity index (χ1) is 9.06. The molecule has 2 N–H and O–H groups in total. The first kappa shape index (κ1) is 13.5. The second kappa shape index (κ2) is 5.84. The van der Waals surface area contributed by atoms with E-state index in [1.807, 2.05) is 24.3 Å². The average molecular weight is 324 g/mol. The molecule has 2 aromatic carbocycles. The molecule has 0 spiro atoms. The fourth-order valence-electron chi connectivity index (χ4n) is 1.65. The Bertz CT molecular complexity index is 599. The number of halogens is 2. The maximum Gasteiger partial charge on any atom is 0.337 e. The summed E-state index contributed by atoms with van der Waals surface area (Å²) < 4.78 is 14.0. The van der Waals surface area contributed by atoms with Gasteiger partial charge < -0.3 is 10.4 Å². The van der Waals surface area contributed by atoms with Crippen LogP contribution < -0.4 is 5.32 Å². The molecule has 0 aromatic heterocycles. The molecule has 98 valence electrons. The minimum Gasteiger partial charge on any atom is -0.478 e. The lowest BCUT2D eigenvalue weighted by Gasteiger charge is -2.09. The van der Waals surface area contributed by atoms with Crippen molar-refractivity contribution in [3.8, 4) is 0 Å². The fraction of sp³-hybridized carbons (Fsp3) is 0.0714. The quantitative estimate of drug-likeness (QED) is 0.897. The monoisotopic (exact) mass is 323 g/mol. The Kier molecular flexibility index (Phi) is 4.16. The molecule has 0 heterocycles. The van der Waals surface area contributed by atoms with E-state index in [0.29, 0.717) is 12.2 Å². The standard InChI is InChI=1S/C14H11BrFNO2/c15-10-3-1-9(2-4-10)8-17-13-6-5-11(16)7-12(13)14(18)19/h1-7,17H,8H2,(H,18,19). The van der Waals surface area contributed by atoms with Gasteiger partial charge in [-0.2, -0.15) is 0 Å². The zero-order valence-corrected chi connectivity index (χ0v) is 11.4. The number of rotatable bonds is 4. The largest absolute Gasteiger partial charge is 0.478 e. The molecule has 19 heavy (non-hydrogen) atoms. The number of nitrogens with one attached hydrogen (secondary N) is 1. The van der Waals surface area contributed by atoms with Gasteiger partial charge in [-0.25, -0.2) is 9.18 Å². The minimum absolute atomic E-state index is 0.0721. The Hall–Kier alpha value is -1.88. The third kappa shape index (κ3) is 3.54. The van der Waals surface area contributed by atoms with Crippen LogP contribution in [0.1, 0.15) is 15.9 Å². The highest BCUT2D eigenvalue weighted by Gasteiger charge is 2.10. The van der Waals surface area contributed by atoms with Crippen molar-refractivity contribution in [1.82, 2.24) is 0 Å². The second-order valence-electron chi connectivity index (χ2n) is 3.98. The van der Waals surface area contributed by atoms with Crippen LogP contribution in [0.25, 0.3) is 0 Å². The maximum absolute atomic E-state index is 13.0. The van der Waals surface area contributed by atoms with E-state index in [2.05, 4.69) is 21.2 Å². The minimum atomic E-state index is -1.15. The summed E-state index contributed by atoms with van der Waals surface area (Å²) in [7, 11) is 0. The van der Waals surface area contributed by atoms with Gasteiger partial charge in [-0.05, 0) is 35.9 Å². The lowest BCUT2D eigenvalue weighted by molar-refractivity contribution is 0.0697. The van der Waals surface area contributed by atoms with Gasteiger partial charge in [0.15, 0.2) is 0 Å². The van der Waals surface area contributed by atoms with Gasteiger partial charge in [0, 0.05) is 16.7 Å². The SMILES string of the molecule is O=C(O)c1cc(F)ccc1NCc1ccc(Br)cc1. The Morgan fingerprint density at radius 1 is 1.21 bits per heavy atom. The highest BCUT2D eigenvalue weighted by Crippen LogP contribution is 2.18. The number of anilines is 1. The van der Waals surface area contributed by atoms with Crippen LogP contribution >= 0.6 is 15.9 Å². The molecule has 0 radical (unpaired) electrons. The number of hydrogen-bond acceptors (Lipinski definition) is 2. The second-order valence-corrected chi connectivity index (χ2v) is 4.89. The van der Waals surface area contributed by atoms with E-state index in [0.717, 1.165) is 16.1 Å². The predicted octanol–water partition coefficient (Wildman–Crippen LogP) is 3.90. The molecule has 0 aliphatic carbocycles. The van der Waals surface area contributed by atoms with E-state index in [4.69, 9.17) is 5.11 Å². The van der Waals surface area contributed by atoms with E-state index in [9.17, 15) is 9.18 Å². The third-order valence-electron chi connectivity index (χ3n) is 2.61. The van der Waals surface area contributed by atoms with Crippen molar-refractivity contribution in [1.29, 1.82) is 0 Å². The Balaban J connectivity index is 2.15. The van der Waals surface area contributed by atoms with Gasteiger partial charge >= 0.3 is 5.97 Å². The van der Waals surface area contributed by atoms with Crippen LogP contribution in [-0.4, -0.2) is 11.1 Å². The average Bonchev–Trinajstić information content (AvgIpc) is 2.39. The van der Waals surface area contributed by atoms with Gasteiger partial charge in [0.2, 0.25) is 0 Å². The number of aromatic carboxylic acids is 1. The van der Waals surface area contributed by atoms with Gasteiger partial charge in [0.1, 0.15) is 5.82 Å². The van der Waals surface area contributed by atoms with Crippen molar-refractivity contribution in [3.05, 3.63) is 63.9 Å². The Morgan fingerprint density at radius 2 is 1.89 bits per heavy atom. The molecule has 0 aliphatic rings. The molecule has 0 saturated carbocycles. The zero-order chi connectivity index (χ0) is 13.8. The van der Waals surface area contributed by atoms with Gasteiger partial charge in [0.05, 0.1) is 5.56 Å². The van der Waals surface area contributed by atoms with Crippen LogP contribution in [0.3, 0.4) is 0 Å². The molecule has 0 aliphatic heterocycles. The van der Waals surface area contributed by atoms with E-state index >= 15 is 0 Å². The van der Waals surface area contributed by atoms with Crippen LogP contribution in [0.15, 0.2) is 46.9 Å². The summed E-state index contributed by atoms with van der Waals surface area (Å²) in [5, 5.41) is 12.0. The summed E-state index contributed by atoms with van der Waals surface area (Å²) in [6, 6.07) is 11.3. The van der Waals surface area contributed by atoms with Gasteiger partial charge in [0.25, 0.3) is 0 Å². The van der Waals surface area contributed by atoms with Gasteiger partial charge in [-0.1, -0.05) is 28.1 Å². The molecule has 0 unspecified atom stereocenters. The summed E-state index contributed by atoms with van der Waals surface area (Å²) >= 11 is 3.34. The van der Waals surface area contributed by atoms with Crippen LogP contribution in [-0.2, 0) is 6.54 Å². The summed E-state index contributed by atoms with van der Waals surface area (Å²) in [4.78, 5) is 11.0. The predicted molar refractivity (Wildman–Crippen MR) is 74.8 cm³/mol. The molecular formula is C14H11BrFNO2. The summed E-state index contributed by atoms with van der Waals surface area (Å²) in [5.74, 6) is -1.72. The lowest BCUT2D eigenvalue weighted by Crippen LogP contribution is -2.06. The van der Waals surface area contributed by atoms with Crippen LogP contribution in [0.5, 0.6) is 0 Å². The molecule has 0 atom stereocenters. The van der Waals surface area contributed by atoms with Crippen LogP contribution in [0.4, 0.5) is 10.1 Å². The fourth-order valence-corrected chi connectivity index (χ4v) is 1.91. The van der Waals surface area contributed by atoms with Gasteiger partial charge in [-0.3, -0.25) is 0 Å². The first-order valence-electron chi connectivity index (χ1n) is 5.57. The molecule has 3 nitrogen and oxygen atoms in total. The topological polar surface area (TPSA) is 49.3 Å². The first-order valence-corrected chi connectivity index (χ1v) is 6.37. The zero-order valence-electron chi connectivity index (χ0n) is 9.86. The molecule has 0 saturated heterocycles. The molecule has 0 bridgehead atoms. The van der Waals surface area contributed by atoms with E-state index in [1.165, 1.54) is 12.1 Å². The van der Waals surface area contributed by atoms with E-state index in [1.54, 1.807) is 0 Å². The number of carboxylic acid groups (broad SMARTS) is 1. The van der Waals surface area contributed by atoms with Crippen LogP contribution in [0.2, 0.25) is 0 Å². The van der Waals surface area contributed by atoms with Crippen molar-refractivity contribution < 1.29 is 14.3 Å². The van der Waals surface area contributed by atoms with E-state index < -0.39 is 11.8 Å². The molecular weight excluding hydrogens is 313 g/mol. The third-order valence-corrected chi connectivity index (χ3v) is 3.14. The molecule has 0 fully saturated rings. The number of hydrogen-bond donors (Lipinski definition) is 2. The highest BCUT2D eigenvalue weighted by molar-refractivity contribution is 9.10. The summed E-state index contributed by atoms with van der Waals surface area (Å²) in [6.45, 7) is 0.471. The van der Waals surface area contributed by atoms with Crippen molar-refractivity contribution in [3.63, 3.8) is 0 Å². The van der Waals surface area contributed by atoms with Crippen LogP contribution in [0, 0.1) is 5.82 Å². The number of carbonyl (C=O) groups is 1. The van der Waals surface area contributed by atoms with Crippen molar-refractivity contribution in [2.24, 2.45) is 0 Å². The summed E-state index contributed by atoms with van der Waals surface area (Å²) in [6.07, 6.45) is 0. The lowest BCUT2D eigenvalue weighted by atomic mass is 10.1. The van der Waals surface area contributed by atoms with Crippen molar-refractivity contribution in [2.45, 2.75) is 6.54 Å². The number of carboxylic acids is 1. The normalized spacial score (nSPS) is 10.2. The molecule has 2 aromatic rings. The Morgan fingerprint density at radius 3 is 2.53 bits per heavy atom.